The molecule has 12 nitrogen and oxygen atoms in total. The second kappa shape index (κ2) is 22.5. The number of aromatic hydroxyl groups is 1. The minimum atomic E-state index is -1.12. The van der Waals surface area contributed by atoms with Crippen LogP contribution in [-0.4, -0.2) is 77.2 Å². The molecule has 12 heteroatoms. The van der Waals surface area contributed by atoms with Crippen LogP contribution in [0.2, 0.25) is 0 Å². The number of phenols is 1. The van der Waals surface area contributed by atoms with Crippen LogP contribution in [0.4, 0.5) is 0 Å². The van der Waals surface area contributed by atoms with Crippen LogP contribution in [0.15, 0.2) is 30.3 Å². The van der Waals surface area contributed by atoms with Crippen molar-refractivity contribution in [2.75, 3.05) is 19.6 Å². The van der Waals surface area contributed by atoms with Crippen LogP contribution in [0.25, 0.3) is 0 Å². The second-order valence-corrected chi connectivity index (χ2v) is 8.15. The van der Waals surface area contributed by atoms with Crippen LogP contribution < -0.4 is 16.4 Å². The average molecular weight is 525 g/mol. The van der Waals surface area contributed by atoms with Crippen molar-refractivity contribution < 1.29 is 39.0 Å². The highest BCUT2D eigenvalue weighted by atomic mass is 16.4. The molecule has 0 aliphatic carbocycles. The van der Waals surface area contributed by atoms with E-state index in [1.165, 1.54) is 6.92 Å². The molecule has 0 bridgehead atoms. The summed E-state index contributed by atoms with van der Waals surface area (Å²) in [7, 11) is 0. The number of hydrogen-bond acceptors (Lipinski definition) is 7. The standard InChI is InChI=1S/C12H22N2O2.C6H6O.C5H7NO4.C2H5NO/c1-3-10(2)8-11(15)13-9-12(16)14-6-4-5-7-14;7-6-4-2-1-3-5-6;7-2-4(6-3-8)1-5(9)10;1-2(3)4/h10H,3-9H2,1-2H3,(H,13,15);1-5,7H;2-4H,1H2,(H,6,8)(H,9,10);1H3,(H2,3,4). The maximum atomic E-state index is 11.6. The van der Waals surface area contributed by atoms with E-state index < -0.39 is 12.0 Å². The van der Waals surface area contributed by atoms with E-state index in [9.17, 15) is 28.8 Å². The fourth-order valence-electron chi connectivity index (χ4n) is 2.64. The number of nitrogens with two attached hydrogens (primary N) is 1. The number of carbonyl (C=O) groups is 6. The number of carbonyl (C=O) groups excluding carboxylic acids is 5. The van der Waals surface area contributed by atoms with Gasteiger partial charge in [-0.1, -0.05) is 38.5 Å². The summed E-state index contributed by atoms with van der Waals surface area (Å²) in [6.07, 6.45) is 3.99. The van der Waals surface area contributed by atoms with Gasteiger partial charge in [-0.3, -0.25) is 24.0 Å². The van der Waals surface area contributed by atoms with Gasteiger partial charge in [-0.05, 0) is 30.9 Å². The first kappa shape index (κ1) is 35.2. The molecule has 4 amide bonds. The van der Waals surface area contributed by atoms with Gasteiger partial charge in [0.15, 0.2) is 0 Å². The van der Waals surface area contributed by atoms with E-state index in [2.05, 4.69) is 18.0 Å². The summed E-state index contributed by atoms with van der Waals surface area (Å²) in [6.45, 7) is 7.27. The van der Waals surface area contributed by atoms with Crippen molar-refractivity contribution in [2.24, 2.45) is 11.7 Å². The summed E-state index contributed by atoms with van der Waals surface area (Å²) >= 11 is 0. The van der Waals surface area contributed by atoms with Crippen LogP contribution in [0.1, 0.15) is 52.9 Å². The Morgan fingerprint density at radius 2 is 1.62 bits per heavy atom. The van der Waals surface area contributed by atoms with Gasteiger partial charge in [0.2, 0.25) is 24.1 Å². The molecule has 1 saturated heterocycles. The van der Waals surface area contributed by atoms with Gasteiger partial charge in [0.05, 0.1) is 19.0 Å². The quantitative estimate of drug-likeness (QED) is 0.277. The molecule has 0 spiro atoms. The van der Waals surface area contributed by atoms with Gasteiger partial charge in [0.1, 0.15) is 12.0 Å². The molecule has 1 heterocycles. The Balaban J connectivity index is 0. The van der Waals surface area contributed by atoms with Crippen molar-refractivity contribution in [1.82, 2.24) is 15.5 Å². The number of para-hydroxylation sites is 1. The molecule has 2 rings (SSSR count). The summed E-state index contributed by atoms with van der Waals surface area (Å²) in [5.74, 6) is -0.701. The number of amides is 4. The third kappa shape index (κ3) is 23.5. The zero-order chi connectivity index (χ0) is 28.6. The van der Waals surface area contributed by atoms with Gasteiger partial charge in [-0.15, -0.1) is 0 Å². The number of primary amides is 1. The van der Waals surface area contributed by atoms with Crippen LogP contribution in [0.3, 0.4) is 0 Å². The van der Waals surface area contributed by atoms with Crippen LogP contribution in [-0.2, 0) is 28.8 Å². The fraction of sp³-hybridized carbons (Fsp3) is 0.520. The highest BCUT2D eigenvalue weighted by Crippen LogP contribution is 2.08. The highest BCUT2D eigenvalue weighted by Gasteiger charge is 2.18. The minimum Gasteiger partial charge on any atom is -0.508 e. The molecule has 0 saturated carbocycles. The second-order valence-electron chi connectivity index (χ2n) is 8.15. The zero-order valence-corrected chi connectivity index (χ0v) is 21.7. The SMILES string of the molecule is CC(N)=O.CCC(C)CC(=O)NCC(=O)N1CCCC1.O=CNC(C=O)CC(=O)O.Oc1ccccc1. The van der Waals surface area contributed by atoms with Gasteiger partial charge in [0, 0.05) is 26.4 Å². The molecule has 1 aliphatic rings. The zero-order valence-electron chi connectivity index (χ0n) is 21.7. The molecule has 37 heavy (non-hydrogen) atoms. The summed E-state index contributed by atoms with van der Waals surface area (Å²) in [4.78, 5) is 63.7. The number of benzene rings is 1. The van der Waals surface area contributed by atoms with Gasteiger partial charge >= 0.3 is 5.97 Å². The lowest BCUT2D eigenvalue weighted by Gasteiger charge is -2.16. The monoisotopic (exact) mass is 524 g/mol. The first-order valence-electron chi connectivity index (χ1n) is 11.9. The molecule has 208 valence electrons. The predicted octanol–water partition coefficient (Wildman–Crippen LogP) is 0.820. The topological polar surface area (TPSA) is 196 Å². The molecule has 1 aromatic rings. The van der Waals surface area contributed by atoms with E-state index in [-0.39, 0.29) is 30.7 Å². The first-order valence-corrected chi connectivity index (χ1v) is 11.9. The normalized spacial score (nSPS) is 12.9. The summed E-state index contributed by atoms with van der Waals surface area (Å²) < 4.78 is 0. The van der Waals surface area contributed by atoms with Crippen molar-refractivity contribution >= 4 is 36.4 Å². The number of carboxylic acids is 1. The molecule has 1 aliphatic heterocycles. The van der Waals surface area contributed by atoms with Crippen LogP contribution in [0.5, 0.6) is 5.75 Å². The molecule has 1 fully saturated rings. The summed E-state index contributed by atoms with van der Waals surface area (Å²) in [5, 5.41) is 21.5. The fourth-order valence-corrected chi connectivity index (χ4v) is 2.64. The van der Waals surface area contributed by atoms with Gasteiger partial charge in [0.25, 0.3) is 0 Å². The lowest BCUT2D eigenvalue weighted by Crippen LogP contribution is -2.38. The van der Waals surface area contributed by atoms with Crippen LogP contribution in [0, 0.1) is 5.92 Å². The lowest BCUT2D eigenvalue weighted by molar-refractivity contribution is -0.138. The Bertz CT molecular complexity index is 810. The Kier molecular flexibility index (Phi) is 21.4. The number of nitrogens with zero attached hydrogens (tertiary/aromatic N) is 1. The highest BCUT2D eigenvalue weighted by molar-refractivity contribution is 5.84. The van der Waals surface area contributed by atoms with Crippen molar-refractivity contribution in [3.8, 4) is 5.75 Å². The maximum Gasteiger partial charge on any atom is 0.305 e. The molecule has 2 atom stereocenters. The van der Waals surface area contributed by atoms with E-state index in [4.69, 9.17) is 10.2 Å². The molecule has 0 radical (unpaired) electrons. The molecule has 1 aromatic carbocycles. The van der Waals surface area contributed by atoms with E-state index in [1.807, 2.05) is 23.2 Å². The van der Waals surface area contributed by atoms with E-state index in [0.29, 0.717) is 30.8 Å². The van der Waals surface area contributed by atoms with Gasteiger partial charge < -0.3 is 36.3 Å². The van der Waals surface area contributed by atoms with E-state index in [1.54, 1.807) is 24.3 Å². The summed E-state index contributed by atoms with van der Waals surface area (Å²) in [5.41, 5.74) is 4.47. The molecule has 6 N–H and O–H groups in total. The van der Waals surface area contributed by atoms with Crippen LogP contribution >= 0.6 is 0 Å². The molecular weight excluding hydrogens is 484 g/mol. The van der Waals surface area contributed by atoms with E-state index in [0.717, 1.165) is 32.4 Å². The van der Waals surface area contributed by atoms with Gasteiger partial charge in [-0.25, -0.2) is 0 Å². The number of rotatable bonds is 10. The number of aldehydes is 1. The number of aliphatic carboxylic acids is 1. The van der Waals surface area contributed by atoms with Crippen molar-refractivity contribution in [3.05, 3.63) is 30.3 Å². The van der Waals surface area contributed by atoms with Crippen molar-refractivity contribution in [1.29, 1.82) is 0 Å². The number of carboxylic acid groups (broad SMARTS) is 1. The number of hydrogen-bond donors (Lipinski definition) is 5. The Labute approximate surface area is 217 Å². The predicted molar refractivity (Wildman–Crippen MR) is 137 cm³/mol. The number of phenolic OH excluding ortho intramolecular Hbond substituents is 1. The number of nitrogens with one attached hydrogen (secondary N) is 2. The third-order valence-corrected chi connectivity index (χ3v) is 4.72. The summed E-state index contributed by atoms with van der Waals surface area (Å²) in [6, 6.07) is 7.81. The van der Waals surface area contributed by atoms with Gasteiger partial charge in [-0.2, -0.15) is 0 Å². The molecular formula is C25H40N4O8. The van der Waals surface area contributed by atoms with Crippen molar-refractivity contribution in [2.45, 2.75) is 58.9 Å². The largest absolute Gasteiger partial charge is 0.508 e. The number of likely N-dealkylation sites (tertiary alicyclic amines) is 1. The average Bonchev–Trinajstić information content (AvgIpc) is 3.38. The Morgan fingerprint density at radius 3 is 2.00 bits per heavy atom. The van der Waals surface area contributed by atoms with E-state index >= 15 is 0 Å². The smallest absolute Gasteiger partial charge is 0.305 e. The third-order valence-electron chi connectivity index (χ3n) is 4.72. The Hall–Kier alpha value is -3.96. The minimum absolute atomic E-state index is 0.0121. The maximum absolute atomic E-state index is 11.6. The first-order chi connectivity index (χ1) is 17.5. The molecule has 0 aromatic heterocycles. The lowest BCUT2D eigenvalue weighted by atomic mass is 10.1. The van der Waals surface area contributed by atoms with Crippen molar-refractivity contribution in [3.63, 3.8) is 0 Å². The molecule has 2 unspecified atom stereocenters. The Morgan fingerprint density at radius 1 is 1.08 bits per heavy atom.